The van der Waals surface area contributed by atoms with Crippen LogP contribution in [0.2, 0.25) is 5.02 Å². The van der Waals surface area contributed by atoms with Gasteiger partial charge in [-0.25, -0.2) is 0 Å². The van der Waals surface area contributed by atoms with Crippen LogP contribution in [0.25, 0.3) is 11.5 Å². The molecule has 29 heavy (non-hydrogen) atoms. The van der Waals surface area contributed by atoms with Crippen molar-refractivity contribution in [2.75, 3.05) is 6.61 Å². The highest BCUT2D eigenvalue weighted by atomic mass is 35.5. The normalized spacial score (nSPS) is 15.4. The average Bonchev–Trinajstić information content (AvgIpc) is 3.42. The predicted molar refractivity (Wildman–Crippen MR) is 104 cm³/mol. The van der Waals surface area contributed by atoms with Gasteiger partial charge in [-0.2, -0.15) is 0 Å². The third kappa shape index (κ3) is 3.92. The Balaban J connectivity index is 1.22. The number of hydrogen-bond acceptors (Lipinski definition) is 9. The van der Waals surface area contributed by atoms with Crippen LogP contribution in [0.4, 0.5) is 0 Å². The molecule has 0 spiro atoms. The third-order valence-corrected chi connectivity index (χ3v) is 5.14. The Labute approximate surface area is 174 Å². The van der Waals surface area contributed by atoms with Crippen LogP contribution in [0.5, 0.6) is 11.5 Å². The average molecular weight is 429 g/mol. The number of rotatable bonds is 5. The van der Waals surface area contributed by atoms with Crippen molar-refractivity contribution in [3.05, 3.63) is 65.3 Å². The van der Waals surface area contributed by atoms with Crippen molar-refractivity contribution in [2.24, 2.45) is 0 Å². The first-order valence-electron chi connectivity index (χ1n) is 8.67. The zero-order valence-corrected chi connectivity index (χ0v) is 16.4. The second-order valence-corrected chi connectivity index (χ2v) is 7.43. The van der Waals surface area contributed by atoms with Gasteiger partial charge in [-0.3, -0.25) is 0 Å². The molecule has 0 fully saturated rings. The molecular weight excluding hydrogens is 416 g/mol. The summed E-state index contributed by atoms with van der Waals surface area (Å²) >= 11 is 7.20. The minimum atomic E-state index is -0.452. The van der Waals surface area contributed by atoms with Crippen LogP contribution in [-0.4, -0.2) is 27.0 Å². The summed E-state index contributed by atoms with van der Waals surface area (Å²) in [4.78, 5) is 0. The zero-order valence-electron chi connectivity index (χ0n) is 14.8. The Hall–Kier alpha value is -3.04. The summed E-state index contributed by atoms with van der Waals surface area (Å²) in [6, 6.07) is 14.6. The van der Waals surface area contributed by atoms with E-state index >= 15 is 0 Å². The van der Waals surface area contributed by atoms with Gasteiger partial charge in [0.15, 0.2) is 11.5 Å². The monoisotopic (exact) mass is 428 g/mol. The number of hydrogen-bond donors (Lipinski definition) is 0. The lowest BCUT2D eigenvalue weighted by atomic mass is 10.2. The summed E-state index contributed by atoms with van der Waals surface area (Å²) < 4.78 is 22.9. The fraction of sp³-hybridized carbons (Fsp3) is 0.158. The van der Waals surface area contributed by atoms with E-state index in [1.165, 1.54) is 11.8 Å². The van der Waals surface area contributed by atoms with Crippen molar-refractivity contribution in [3.63, 3.8) is 0 Å². The van der Waals surface area contributed by atoms with E-state index in [9.17, 15) is 0 Å². The maximum atomic E-state index is 5.89. The molecule has 0 amide bonds. The minimum absolute atomic E-state index is 0.303. The Morgan fingerprint density at radius 1 is 0.931 bits per heavy atom. The second kappa shape index (κ2) is 7.76. The first-order chi connectivity index (χ1) is 14.2. The van der Waals surface area contributed by atoms with Crippen LogP contribution in [-0.2, 0) is 5.75 Å². The summed E-state index contributed by atoms with van der Waals surface area (Å²) in [6.07, 6.45) is -0.452. The van der Waals surface area contributed by atoms with Gasteiger partial charge in [0.05, 0.1) is 5.75 Å². The van der Waals surface area contributed by atoms with Gasteiger partial charge in [-0.1, -0.05) is 35.5 Å². The molecule has 8 nitrogen and oxygen atoms in total. The summed E-state index contributed by atoms with van der Waals surface area (Å²) in [6.45, 7) is 0.303. The predicted octanol–water partition coefficient (Wildman–Crippen LogP) is 4.58. The highest BCUT2D eigenvalue weighted by Crippen LogP contribution is 2.36. The molecule has 5 rings (SSSR count). The number of para-hydroxylation sites is 2. The van der Waals surface area contributed by atoms with Gasteiger partial charge in [-0.15, -0.1) is 20.4 Å². The highest BCUT2D eigenvalue weighted by Gasteiger charge is 2.27. The molecule has 1 atom stereocenters. The Kier molecular flexibility index (Phi) is 4.82. The van der Waals surface area contributed by atoms with E-state index in [1.807, 2.05) is 36.4 Å². The van der Waals surface area contributed by atoms with Crippen molar-refractivity contribution < 1.29 is 18.3 Å². The minimum Gasteiger partial charge on any atom is -0.485 e. The Morgan fingerprint density at radius 3 is 2.62 bits per heavy atom. The van der Waals surface area contributed by atoms with Crippen LogP contribution in [0.3, 0.4) is 0 Å². The van der Waals surface area contributed by atoms with Crippen molar-refractivity contribution in [1.82, 2.24) is 20.4 Å². The van der Waals surface area contributed by atoms with Crippen molar-refractivity contribution in [1.29, 1.82) is 0 Å². The number of thioether (sulfide) groups is 1. The summed E-state index contributed by atoms with van der Waals surface area (Å²) in [5.41, 5.74) is 0.799. The molecule has 2 aromatic carbocycles. The molecule has 2 aromatic heterocycles. The molecular formula is C19H13ClN4O4S. The van der Waals surface area contributed by atoms with E-state index in [-0.39, 0.29) is 0 Å². The molecule has 0 aliphatic carbocycles. The zero-order chi connectivity index (χ0) is 19.6. The molecule has 10 heteroatoms. The molecule has 3 heterocycles. The maximum absolute atomic E-state index is 5.89. The lowest BCUT2D eigenvalue weighted by Gasteiger charge is -2.23. The number of fused-ring (bicyclic) bond motifs is 1. The van der Waals surface area contributed by atoms with Gasteiger partial charge in [0, 0.05) is 10.6 Å². The fourth-order valence-electron chi connectivity index (χ4n) is 2.69. The molecule has 1 aliphatic heterocycles. The third-order valence-electron chi connectivity index (χ3n) is 4.08. The summed E-state index contributed by atoms with van der Waals surface area (Å²) in [5.74, 6) is 2.98. The first kappa shape index (κ1) is 18.0. The number of benzene rings is 2. The smallest absolute Gasteiger partial charge is 0.277 e. The van der Waals surface area contributed by atoms with E-state index in [0.29, 0.717) is 51.8 Å². The summed E-state index contributed by atoms with van der Waals surface area (Å²) in [7, 11) is 0. The molecule has 0 saturated carbocycles. The van der Waals surface area contributed by atoms with Gasteiger partial charge in [0.25, 0.3) is 11.1 Å². The lowest BCUT2D eigenvalue weighted by Crippen LogP contribution is -2.21. The Bertz CT molecular complexity index is 1130. The number of halogens is 1. The topological polar surface area (TPSA) is 96.3 Å². The van der Waals surface area contributed by atoms with Crippen LogP contribution in [0.15, 0.2) is 62.6 Å². The maximum Gasteiger partial charge on any atom is 0.277 e. The standard InChI is InChI=1S/C19H13ClN4O4S/c20-12-7-5-11(6-8-12)17-22-21-16(27-17)10-29-19-24-23-18(28-19)15-9-25-13-3-1-2-4-14(13)26-15/h1-8,15H,9-10H2. The van der Waals surface area contributed by atoms with Gasteiger partial charge in [0.1, 0.15) is 6.61 Å². The quantitative estimate of drug-likeness (QED) is 0.423. The molecule has 1 aliphatic rings. The molecule has 4 aromatic rings. The molecule has 0 N–H and O–H groups in total. The van der Waals surface area contributed by atoms with Gasteiger partial charge >= 0.3 is 0 Å². The van der Waals surface area contributed by atoms with E-state index in [4.69, 9.17) is 29.9 Å². The highest BCUT2D eigenvalue weighted by molar-refractivity contribution is 7.98. The number of ether oxygens (including phenoxy) is 2. The van der Waals surface area contributed by atoms with E-state index < -0.39 is 6.10 Å². The molecule has 0 radical (unpaired) electrons. The fourth-order valence-corrected chi connectivity index (χ4v) is 3.43. The largest absolute Gasteiger partial charge is 0.485 e. The van der Waals surface area contributed by atoms with Crippen LogP contribution in [0.1, 0.15) is 17.9 Å². The van der Waals surface area contributed by atoms with Gasteiger partial charge < -0.3 is 18.3 Å². The van der Waals surface area contributed by atoms with Crippen LogP contribution < -0.4 is 9.47 Å². The molecule has 0 saturated heterocycles. The Morgan fingerprint density at radius 2 is 1.76 bits per heavy atom. The van der Waals surface area contributed by atoms with Crippen LogP contribution in [0, 0.1) is 0 Å². The molecule has 1 unspecified atom stereocenters. The van der Waals surface area contributed by atoms with E-state index in [1.54, 1.807) is 12.1 Å². The second-order valence-electron chi connectivity index (χ2n) is 6.07. The van der Waals surface area contributed by atoms with Gasteiger partial charge in [-0.05, 0) is 36.4 Å². The van der Waals surface area contributed by atoms with Crippen molar-refractivity contribution in [2.45, 2.75) is 17.1 Å². The number of aromatic nitrogens is 4. The van der Waals surface area contributed by atoms with E-state index in [2.05, 4.69) is 20.4 Å². The SMILES string of the molecule is Clc1ccc(-c2nnc(CSc3nnc(C4COc5ccccc5O4)o3)o2)cc1. The molecule has 0 bridgehead atoms. The number of nitrogens with zero attached hydrogens (tertiary/aromatic N) is 4. The first-order valence-corrected chi connectivity index (χ1v) is 10.0. The van der Waals surface area contributed by atoms with E-state index in [0.717, 1.165) is 5.56 Å². The van der Waals surface area contributed by atoms with Crippen molar-refractivity contribution >= 4 is 23.4 Å². The van der Waals surface area contributed by atoms with Crippen LogP contribution >= 0.6 is 23.4 Å². The van der Waals surface area contributed by atoms with Crippen molar-refractivity contribution in [3.8, 4) is 23.0 Å². The summed E-state index contributed by atoms with van der Waals surface area (Å²) in [5, 5.41) is 17.2. The molecule has 146 valence electrons. The van der Waals surface area contributed by atoms with Gasteiger partial charge in [0.2, 0.25) is 17.9 Å². The lowest BCUT2D eigenvalue weighted by molar-refractivity contribution is 0.0686.